The molecule has 1 fully saturated rings. The highest BCUT2D eigenvalue weighted by Gasteiger charge is 2.47. The molecule has 178 valence electrons. The van der Waals surface area contributed by atoms with Crippen molar-refractivity contribution < 1.29 is 18.7 Å². The molecule has 2 N–H and O–H groups in total. The highest BCUT2D eigenvalue weighted by Crippen LogP contribution is 2.41. The van der Waals surface area contributed by atoms with Gasteiger partial charge >= 0.3 is 5.69 Å². The van der Waals surface area contributed by atoms with E-state index in [2.05, 4.69) is 4.98 Å². The van der Waals surface area contributed by atoms with Gasteiger partial charge in [0.05, 0.1) is 6.04 Å². The summed E-state index contributed by atoms with van der Waals surface area (Å²) in [5.41, 5.74) is -2.38. The van der Waals surface area contributed by atoms with E-state index in [4.69, 9.17) is 0 Å². The molecule has 0 aliphatic carbocycles. The van der Waals surface area contributed by atoms with Crippen LogP contribution in [0.15, 0.2) is 70.4 Å². The van der Waals surface area contributed by atoms with Crippen molar-refractivity contribution in [2.45, 2.75) is 43.9 Å². The van der Waals surface area contributed by atoms with Crippen LogP contribution in [-0.4, -0.2) is 38.1 Å². The van der Waals surface area contributed by atoms with Crippen molar-refractivity contribution in [2.75, 3.05) is 6.54 Å². The van der Waals surface area contributed by atoms with Crippen LogP contribution < -0.4 is 11.2 Å². The summed E-state index contributed by atoms with van der Waals surface area (Å²) in [4.78, 5) is 39.9. The third-order valence-corrected chi connectivity index (χ3v) is 6.27. The SMILES string of the molecule is O=C(CCCn1ccc(=O)[nH]c1=O)N1CCC[C@H]1C(O)(c1cccc(F)c1)c1cccc(F)c1. The molecule has 0 bridgehead atoms. The first-order chi connectivity index (χ1) is 16.3. The number of aryl methyl sites for hydroxylation is 1. The van der Waals surface area contributed by atoms with Gasteiger partial charge in [0.25, 0.3) is 5.56 Å². The number of benzene rings is 2. The lowest BCUT2D eigenvalue weighted by Gasteiger charge is -2.40. The van der Waals surface area contributed by atoms with Crippen LogP contribution >= 0.6 is 0 Å². The van der Waals surface area contributed by atoms with Gasteiger partial charge in [0.1, 0.15) is 17.2 Å². The van der Waals surface area contributed by atoms with Crippen LogP contribution in [0, 0.1) is 11.6 Å². The third-order valence-electron chi connectivity index (χ3n) is 6.27. The van der Waals surface area contributed by atoms with Gasteiger partial charge in [-0.2, -0.15) is 0 Å². The van der Waals surface area contributed by atoms with E-state index in [0.717, 1.165) is 0 Å². The van der Waals surface area contributed by atoms with Gasteiger partial charge in [-0.3, -0.25) is 14.6 Å². The molecule has 1 amide bonds. The number of rotatable bonds is 7. The molecule has 2 aromatic carbocycles. The maximum Gasteiger partial charge on any atom is 0.328 e. The minimum Gasteiger partial charge on any atom is -0.378 e. The van der Waals surface area contributed by atoms with E-state index in [1.54, 1.807) is 17.0 Å². The number of hydrogen-bond acceptors (Lipinski definition) is 4. The fraction of sp³-hybridized carbons (Fsp3) is 0.320. The Kier molecular flexibility index (Phi) is 6.74. The Morgan fingerprint density at radius 2 is 1.71 bits per heavy atom. The lowest BCUT2D eigenvalue weighted by molar-refractivity contribution is -0.136. The van der Waals surface area contributed by atoms with Gasteiger partial charge in [-0.05, 0) is 54.7 Å². The largest absolute Gasteiger partial charge is 0.378 e. The van der Waals surface area contributed by atoms with Crippen molar-refractivity contribution in [1.82, 2.24) is 14.5 Å². The summed E-state index contributed by atoms with van der Waals surface area (Å²) < 4.78 is 29.5. The Bertz CT molecular complexity index is 1260. The number of nitrogens with zero attached hydrogens (tertiary/aromatic N) is 2. The minimum atomic E-state index is -1.81. The topological polar surface area (TPSA) is 95.4 Å². The van der Waals surface area contributed by atoms with Gasteiger partial charge < -0.3 is 14.6 Å². The van der Waals surface area contributed by atoms with Crippen LogP contribution in [0.5, 0.6) is 0 Å². The predicted molar refractivity (Wildman–Crippen MR) is 121 cm³/mol. The molecule has 1 aliphatic heterocycles. The summed E-state index contributed by atoms with van der Waals surface area (Å²) >= 11 is 0. The summed E-state index contributed by atoms with van der Waals surface area (Å²) in [6.07, 6.45) is 2.89. The van der Waals surface area contributed by atoms with Crippen molar-refractivity contribution in [3.8, 4) is 0 Å². The monoisotopic (exact) mass is 469 g/mol. The normalized spacial score (nSPS) is 16.1. The summed E-state index contributed by atoms with van der Waals surface area (Å²) in [6.45, 7) is 0.632. The zero-order valence-electron chi connectivity index (χ0n) is 18.4. The third kappa shape index (κ3) is 4.70. The first kappa shape index (κ1) is 23.6. The first-order valence-electron chi connectivity index (χ1n) is 11.1. The number of carbonyl (C=O) groups is 1. The van der Waals surface area contributed by atoms with Crippen LogP contribution in [0.25, 0.3) is 0 Å². The number of aliphatic hydroxyl groups is 1. The minimum absolute atomic E-state index is 0.102. The van der Waals surface area contributed by atoms with E-state index in [-0.39, 0.29) is 30.0 Å². The lowest BCUT2D eigenvalue weighted by Crippen LogP contribution is -2.50. The van der Waals surface area contributed by atoms with E-state index in [1.165, 1.54) is 53.2 Å². The molecular formula is C25H25F2N3O4. The van der Waals surface area contributed by atoms with Crippen molar-refractivity contribution >= 4 is 5.91 Å². The molecule has 1 atom stereocenters. The fourth-order valence-electron chi connectivity index (χ4n) is 4.67. The zero-order chi connectivity index (χ0) is 24.3. The van der Waals surface area contributed by atoms with E-state index in [1.807, 2.05) is 0 Å². The van der Waals surface area contributed by atoms with Crippen molar-refractivity contribution in [2.24, 2.45) is 0 Å². The smallest absolute Gasteiger partial charge is 0.328 e. The van der Waals surface area contributed by atoms with Crippen molar-refractivity contribution in [1.29, 1.82) is 0 Å². The molecule has 0 spiro atoms. The van der Waals surface area contributed by atoms with Gasteiger partial charge in [-0.15, -0.1) is 0 Å². The molecule has 0 unspecified atom stereocenters. The van der Waals surface area contributed by atoms with E-state index in [0.29, 0.717) is 25.8 Å². The van der Waals surface area contributed by atoms with Gasteiger partial charge in [-0.25, -0.2) is 13.6 Å². The molecule has 1 aromatic heterocycles. The molecule has 9 heteroatoms. The second-order valence-electron chi connectivity index (χ2n) is 8.44. The summed E-state index contributed by atoms with van der Waals surface area (Å²) in [5.74, 6) is -1.32. The van der Waals surface area contributed by atoms with Crippen molar-refractivity contribution in [3.05, 3.63) is 104 Å². The van der Waals surface area contributed by atoms with Crippen molar-refractivity contribution in [3.63, 3.8) is 0 Å². The molecule has 3 aromatic rings. The molecule has 0 radical (unpaired) electrons. The van der Waals surface area contributed by atoms with Gasteiger partial charge in [0.2, 0.25) is 5.91 Å². The molecular weight excluding hydrogens is 444 g/mol. The van der Waals surface area contributed by atoms with E-state index < -0.39 is 34.5 Å². The van der Waals surface area contributed by atoms with Gasteiger partial charge in [0, 0.05) is 31.8 Å². The maximum atomic E-state index is 14.1. The quantitative estimate of drug-likeness (QED) is 0.556. The highest BCUT2D eigenvalue weighted by molar-refractivity contribution is 5.77. The molecule has 2 heterocycles. The number of hydrogen-bond donors (Lipinski definition) is 2. The second kappa shape index (κ2) is 9.72. The Labute approximate surface area is 194 Å². The standard InChI is InChI=1S/C25H25F2N3O4/c26-19-7-1-5-17(15-19)25(34,18-6-2-8-20(27)16-18)21-9-3-13-30(21)23(32)10-4-12-29-14-11-22(31)28-24(29)33/h1-2,5-8,11,14-16,21,34H,3-4,9-10,12-13H2,(H,28,31,33)/t21-/m0/s1. The summed E-state index contributed by atoms with van der Waals surface area (Å²) in [7, 11) is 0. The molecule has 4 rings (SSSR count). The Morgan fingerprint density at radius 1 is 1.06 bits per heavy atom. The Morgan fingerprint density at radius 3 is 2.29 bits per heavy atom. The maximum absolute atomic E-state index is 14.1. The molecule has 34 heavy (non-hydrogen) atoms. The molecule has 1 saturated heterocycles. The number of halogens is 2. The first-order valence-corrected chi connectivity index (χ1v) is 11.1. The highest BCUT2D eigenvalue weighted by atomic mass is 19.1. The molecule has 1 aliphatic rings. The fourth-order valence-corrected chi connectivity index (χ4v) is 4.67. The second-order valence-corrected chi connectivity index (χ2v) is 8.44. The zero-order valence-corrected chi connectivity index (χ0v) is 18.4. The van der Waals surface area contributed by atoms with Gasteiger partial charge in [-0.1, -0.05) is 24.3 Å². The molecule has 7 nitrogen and oxygen atoms in total. The van der Waals surface area contributed by atoms with E-state index >= 15 is 0 Å². The summed E-state index contributed by atoms with van der Waals surface area (Å²) in [6, 6.07) is 11.5. The number of amides is 1. The Hall–Kier alpha value is -3.59. The number of nitrogens with one attached hydrogen (secondary N) is 1. The number of carbonyl (C=O) groups excluding carboxylic acids is 1. The predicted octanol–water partition coefficient (Wildman–Crippen LogP) is 2.52. The van der Waals surface area contributed by atoms with Crippen LogP contribution in [0.1, 0.15) is 36.8 Å². The number of H-pyrrole nitrogens is 1. The van der Waals surface area contributed by atoms with Gasteiger partial charge in [0.15, 0.2) is 0 Å². The average molecular weight is 469 g/mol. The number of aromatic amines is 1. The Balaban J connectivity index is 1.59. The van der Waals surface area contributed by atoms with E-state index in [9.17, 15) is 28.3 Å². The van der Waals surface area contributed by atoms with Crippen LogP contribution in [0.4, 0.5) is 8.78 Å². The number of likely N-dealkylation sites (tertiary alicyclic amines) is 1. The number of aromatic nitrogens is 2. The molecule has 0 saturated carbocycles. The average Bonchev–Trinajstić information content (AvgIpc) is 3.30. The van der Waals surface area contributed by atoms with Crippen LogP contribution in [-0.2, 0) is 16.9 Å². The summed E-state index contributed by atoms with van der Waals surface area (Å²) in [5, 5.41) is 12.0. The lowest BCUT2D eigenvalue weighted by atomic mass is 9.79. The van der Waals surface area contributed by atoms with Crippen LogP contribution in [0.3, 0.4) is 0 Å². The van der Waals surface area contributed by atoms with Crippen LogP contribution in [0.2, 0.25) is 0 Å².